The zero-order chi connectivity index (χ0) is 23.1. The number of rotatable bonds is 8. The van der Waals surface area contributed by atoms with Gasteiger partial charge in [0.1, 0.15) is 6.61 Å². The number of nitrogens with one attached hydrogen (secondary N) is 1. The Bertz CT molecular complexity index is 1230. The van der Waals surface area contributed by atoms with Gasteiger partial charge in [-0.2, -0.15) is 0 Å². The van der Waals surface area contributed by atoms with Crippen LogP contribution in [0.25, 0.3) is 6.08 Å². The summed E-state index contributed by atoms with van der Waals surface area (Å²) in [6, 6.07) is 18.9. The zero-order valence-electron chi connectivity index (χ0n) is 17.1. The molecule has 0 saturated heterocycles. The lowest BCUT2D eigenvalue weighted by Gasteiger charge is -2.13. The molecule has 1 amide bonds. The second-order valence-electron chi connectivity index (χ2n) is 6.70. The summed E-state index contributed by atoms with van der Waals surface area (Å²) in [6.07, 6.45) is 2.99. The minimum atomic E-state index is -3.78. The maximum atomic E-state index is 12.2. The standard InChI is InChI=1S/C23H21BrN2O5S/c1-30-21-14-17(13-20(24)23(21)31-15-16-5-3-2-4-6-16)7-12-22(27)26-18-8-10-19(11-9-18)32(25,28)29/h2-14H,15H2,1H3,(H,26,27)(H2,25,28,29). The number of hydrogen-bond acceptors (Lipinski definition) is 5. The van der Waals surface area contributed by atoms with E-state index in [2.05, 4.69) is 21.2 Å². The smallest absolute Gasteiger partial charge is 0.248 e. The number of methoxy groups -OCH3 is 1. The largest absolute Gasteiger partial charge is 0.493 e. The second-order valence-corrected chi connectivity index (χ2v) is 9.12. The van der Waals surface area contributed by atoms with Gasteiger partial charge in [0.25, 0.3) is 0 Å². The van der Waals surface area contributed by atoms with Gasteiger partial charge in [-0.25, -0.2) is 13.6 Å². The molecular formula is C23H21BrN2O5S. The van der Waals surface area contributed by atoms with E-state index in [0.717, 1.165) is 11.1 Å². The van der Waals surface area contributed by atoms with E-state index in [-0.39, 0.29) is 10.8 Å². The molecule has 0 heterocycles. The number of benzene rings is 3. The van der Waals surface area contributed by atoms with Crippen molar-refractivity contribution in [1.82, 2.24) is 0 Å². The van der Waals surface area contributed by atoms with Crippen molar-refractivity contribution in [3.63, 3.8) is 0 Å². The molecule has 9 heteroatoms. The third-order valence-corrected chi connectivity index (χ3v) is 5.87. The summed E-state index contributed by atoms with van der Waals surface area (Å²) in [7, 11) is -2.24. The summed E-state index contributed by atoms with van der Waals surface area (Å²) in [5, 5.41) is 7.72. The van der Waals surface area contributed by atoms with Crippen LogP contribution in [0.2, 0.25) is 0 Å². The van der Waals surface area contributed by atoms with E-state index in [1.165, 1.54) is 30.3 Å². The highest BCUT2D eigenvalue weighted by Crippen LogP contribution is 2.37. The lowest BCUT2D eigenvalue weighted by Crippen LogP contribution is -2.12. The Morgan fingerprint density at radius 1 is 1.09 bits per heavy atom. The van der Waals surface area contributed by atoms with Gasteiger partial charge >= 0.3 is 0 Å². The number of carbonyl (C=O) groups is 1. The topological polar surface area (TPSA) is 108 Å². The van der Waals surface area contributed by atoms with Gasteiger partial charge in [-0.3, -0.25) is 4.79 Å². The molecule has 166 valence electrons. The molecule has 0 atom stereocenters. The Hall–Kier alpha value is -3.14. The predicted octanol–water partition coefficient (Wildman–Crippen LogP) is 4.34. The summed E-state index contributed by atoms with van der Waals surface area (Å²) in [5.74, 6) is 0.703. The minimum Gasteiger partial charge on any atom is -0.493 e. The van der Waals surface area contributed by atoms with E-state index in [4.69, 9.17) is 14.6 Å². The van der Waals surface area contributed by atoms with Gasteiger partial charge in [-0.15, -0.1) is 0 Å². The molecule has 0 unspecified atom stereocenters. The van der Waals surface area contributed by atoms with Crippen LogP contribution in [0.15, 0.2) is 82.2 Å². The normalized spacial score (nSPS) is 11.3. The van der Waals surface area contributed by atoms with Crippen LogP contribution in [-0.2, 0) is 21.4 Å². The Morgan fingerprint density at radius 3 is 2.41 bits per heavy atom. The van der Waals surface area contributed by atoms with E-state index >= 15 is 0 Å². The molecule has 3 N–H and O–H groups in total. The molecule has 32 heavy (non-hydrogen) atoms. The van der Waals surface area contributed by atoms with Gasteiger partial charge in [-0.05, 0) is 69.5 Å². The number of primary sulfonamides is 1. The molecule has 3 rings (SSSR count). The lowest BCUT2D eigenvalue weighted by molar-refractivity contribution is -0.111. The molecule has 0 aliphatic rings. The first-order chi connectivity index (χ1) is 15.3. The second kappa shape index (κ2) is 10.4. The van der Waals surface area contributed by atoms with Crippen LogP contribution in [0.1, 0.15) is 11.1 Å². The van der Waals surface area contributed by atoms with Crippen LogP contribution in [0, 0.1) is 0 Å². The monoisotopic (exact) mass is 516 g/mol. The molecule has 0 aliphatic heterocycles. The molecule has 0 radical (unpaired) electrons. The van der Waals surface area contributed by atoms with Gasteiger partial charge in [0.15, 0.2) is 11.5 Å². The average Bonchev–Trinajstić information content (AvgIpc) is 2.77. The summed E-state index contributed by atoms with van der Waals surface area (Å²) < 4.78 is 34.6. The van der Waals surface area contributed by atoms with Gasteiger partial charge in [-0.1, -0.05) is 30.3 Å². The van der Waals surface area contributed by atoms with Gasteiger partial charge < -0.3 is 14.8 Å². The number of nitrogens with two attached hydrogens (primary N) is 1. The highest BCUT2D eigenvalue weighted by atomic mass is 79.9. The zero-order valence-corrected chi connectivity index (χ0v) is 19.5. The highest BCUT2D eigenvalue weighted by molar-refractivity contribution is 9.10. The van der Waals surface area contributed by atoms with Crippen LogP contribution in [-0.4, -0.2) is 21.4 Å². The molecule has 0 fully saturated rings. The van der Waals surface area contributed by atoms with Crippen molar-refractivity contribution < 1.29 is 22.7 Å². The maximum Gasteiger partial charge on any atom is 0.248 e. The number of halogens is 1. The van der Waals surface area contributed by atoms with Crippen molar-refractivity contribution in [2.75, 3.05) is 12.4 Å². The molecule has 0 aliphatic carbocycles. The number of amides is 1. The van der Waals surface area contributed by atoms with Crippen LogP contribution >= 0.6 is 15.9 Å². The number of anilines is 1. The fourth-order valence-corrected chi connectivity index (χ4v) is 3.88. The van der Waals surface area contributed by atoms with Crippen molar-refractivity contribution in [2.24, 2.45) is 5.14 Å². The van der Waals surface area contributed by atoms with E-state index in [1.54, 1.807) is 19.3 Å². The molecular weight excluding hydrogens is 496 g/mol. The van der Waals surface area contributed by atoms with Crippen LogP contribution in [0.4, 0.5) is 5.69 Å². The quantitative estimate of drug-likeness (QED) is 0.433. The van der Waals surface area contributed by atoms with Crippen molar-refractivity contribution >= 4 is 43.6 Å². The van der Waals surface area contributed by atoms with Gasteiger partial charge in [0, 0.05) is 11.8 Å². The Labute approximate surface area is 195 Å². The third kappa shape index (κ3) is 6.43. The first-order valence-electron chi connectivity index (χ1n) is 9.42. The highest BCUT2D eigenvalue weighted by Gasteiger charge is 2.12. The maximum absolute atomic E-state index is 12.2. The number of hydrogen-bond donors (Lipinski definition) is 2. The minimum absolute atomic E-state index is 0.0300. The predicted molar refractivity (Wildman–Crippen MR) is 127 cm³/mol. The van der Waals surface area contributed by atoms with E-state index in [1.807, 2.05) is 36.4 Å². The van der Waals surface area contributed by atoms with Gasteiger partial charge in [0.2, 0.25) is 15.9 Å². The Kier molecular flexibility index (Phi) is 7.68. The summed E-state index contributed by atoms with van der Waals surface area (Å²) in [5.41, 5.74) is 2.19. The Morgan fingerprint density at radius 2 is 1.78 bits per heavy atom. The van der Waals surface area contributed by atoms with E-state index < -0.39 is 10.0 Å². The van der Waals surface area contributed by atoms with E-state index in [9.17, 15) is 13.2 Å². The lowest BCUT2D eigenvalue weighted by atomic mass is 10.2. The SMILES string of the molecule is COc1cc(C=CC(=O)Nc2ccc(S(N)(=O)=O)cc2)cc(Br)c1OCc1ccccc1. The number of ether oxygens (including phenoxy) is 2. The van der Waals surface area contributed by atoms with Crippen LogP contribution in [0.3, 0.4) is 0 Å². The molecule has 0 bridgehead atoms. The summed E-state index contributed by atoms with van der Waals surface area (Å²) >= 11 is 3.50. The van der Waals surface area contributed by atoms with Crippen molar-refractivity contribution in [3.05, 3.63) is 88.4 Å². The molecule has 0 aromatic heterocycles. The first kappa shape index (κ1) is 23.5. The number of carbonyl (C=O) groups excluding carboxylic acids is 1. The molecule has 7 nitrogen and oxygen atoms in total. The van der Waals surface area contributed by atoms with Gasteiger partial charge in [0.05, 0.1) is 16.5 Å². The van der Waals surface area contributed by atoms with Crippen LogP contribution < -0.4 is 19.9 Å². The van der Waals surface area contributed by atoms with Crippen molar-refractivity contribution in [2.45, 2.75) is 11.5 Å². The van der Waals surface area contributed by atoms with Crippen molar-refractivity contribution in [1.29, 1.82) is 0 Å². The fraction of sp³-hybridized carbons (Fsp3) is 0.0870. The van der Waals surface area contributed by atoms with Crippen molar-refractivity contribution in [3.8, 4) is 11.5 Å². The molecule has 3 aromatic carbocycles. The number of sulfonamides is 1. The molecule has 0 spiro atoms. The van der Waals surface area contributed by atoms with Crippen LogP contribution in [0.5, 0.6) is 11.5 Å². The summed E-state index contributed by atoms with van der Waals surface area (Å²) in [6.45, 7) is 0.387. The third-order valence-electron chi connectivity index (χ3n) is 4.36. The Balaban J connectivity index is 1.68. The fourth-order valence-electron chi connectivity index (χ4n) is 2.79. The molecule has 3 aromatic rings. The average molecular weight is 517 g/mol. The van der Waals surface area contributed by atoms with E-state index in [0.29, 0.717) is 28.3 Å². The first-order valence-corrected chi connectivity index (χ1v) is 11.8. The molecule has 0 saturated carbocycles. The summed E-state index contributed by atoms with van der Waals surface area (Å²) in [4.78, 5) is 12.2.